The van der Waals surface area contributed by atoms with Crippen LogP contribution in [0.25, 0.3) is 5.69 Å². The van der Waals surface area contributed by atoms with E-state index in [1.165, 1.54) is 20.9 Å². The molecule has 0 spiro atoms. The molecule has 0 aliphatic carbocycles. The number of hydrogen-bond donors (Lipinski definition) is 1. The van der Waals surface area contributed by atoms with Gasteiger partial charge in [-0.25, -0.2) is 9.48 Å². The number of amides is 1. The molecule has 0 saturated carbocycles. The highest BCUT2D eigenvalue weighted by atomic mass is 16.4. The number of carbonyl (C=O) groups is 2. The maximum atomic E-state index is 12.6. The van der Waals surface area contributed by atoms with Gasteiger partial charge < -0.3 is 10.0 Å². The predicted octanol–water partition coefficient (Wildman–Crippen LogP) is 1.82. The van der Waals surface area contributed by atoms with Gasteiger partial charge in [0.15, 0.2) is 5.69 Å². The predicted molar refractivity (Wildman–Crippen MR) is 84.6 cm³/mol. The van der Waals surface area contributed by atoms with Crippen LogP contribution in [0.1, 0.15) is 35.6 Å². The van der Waals surface area contributed by atoms with Crippen molar-refractivity contribution in [1.29, 1.82) is 0 Å². The lowest BCUT2D eigenvalue weighted by Gasteiger charge is -2.30. The average molecular weight is 316 g/mol. The molecule has 0 aliphatic heterocycles. The first-order chi connectivity index (χ1) is 10.7. The summed E-state index contributed by atoms with van der Waals surface area (Å²) in [4.78, 5) is 25.0. The minimum absolute atomic E-state index is 0.141. The van der Waals surface area contributed by atoms with Crippen LogP contribution in [0.2, 0.25) is 0 Å². The summed E-state index contributed by atoms with van der Waals surface area (Å²) in [6.45, 7) is 6.64. The van der Waals surface area contributed by atoms with Gasteiger partial charge in [-0.05, 0) is 39.8 Å². The van der Waals surface area contributed by atoms with Crippen LogP contribution in [-0.2, 0) is 4.79 Å². The Kier molecular flexibility index (Phi) is 4.22. The fraction of sp³-hybridized carbons (Fsp3) is 0.375. The first-order valence-corrected chi connectivity index (χ1v) is 7.17. The van der Waals surface area contributed by atoms with Crippen molar-refractivity contribution < 1.29 is 14.7 Å². The number of benzene rings is 1. The highest BCUT2D eigenvalue weighted by Crippen LogP contribution is 2.19. The van der Waals surface area contributed by atoms with E-state index in [0.717, 1.165) is 16.2 Å². The molecule has 7 heteroatoms. The summed E-state index contributed by atoms with van der Waals surface area (Å²) < 4.78 is 1.56. The second kappa shape index (κ2) is 5.83. The Morgan fingerprint density at radius 3 is 2.26 bits per heavy atom. The molecule has 1 N–H and O–H groups in total. The van der Waals surface area contributed by atoms with Crippen LogP contribution in [0.5, 0.6) is 0 Å². The maximum Gasteiger partial charge on any atom is 0.329 e. The van der Waals surface area contributed by atoms with E-state index in [0.29, 0.717) is 5.69 Å². The zero-order valence-electron chi connectivity index (χ0n) is 13.9. The second-order valence-corrected chi connectivity index (χ2v) is 6.00. The van der Waals surface area contributed by atoms with Crippen molar-refractivity contribution in [2.75, 3.05) is 7.05 Å². The molecule has 0 saturated heterocycles. The van der Waals surface area contributed by atoms with Gasteiger partial charge in [-0.1, -0.05) is 22.9 Å². The third-order valence-electron chi connectivity index (χ3n) is 4.04. The summed E-state index contributed by atoms with van der Waals surface area (Å²) in [6, 6.07) is 7.65. The molecule has 0 fully saturated rings. The largest absolute Gasteiger partial charge is 0.480 e. The van der Waals surface area contributed by atoms with Gasteiger partial charge in [-0.3, -0.25) is 4.79 Å². The van der Waals surface area contributed by atoms with Crippen molar-refractivity contribution in [2.45, 2.75) is 33.2 Å². The van der Waals surface area contributed by atoms with Gasteiger partial charge in [0.2, 0.25) is 0 Å². The van der Waals surface area contributed by atoms with Gasteiger partial charge >= 0.3 is 5.97 Å². The van der Waals surface area contributed by atoms with Crippen LogP contribution in [0, 0.1) is 13.8 Å². The minimum Gasteiger partial charge on any atom is -0.480 e. The van der Waals surface area contributed by atoms with Crippen LogP contribution in [0.3, 0.4) is 0 Å². The molecule has 1 heterocycles. The van der Waals surface area contributed by atoms with Crippen molar-refractivity contribution in [2.24, 2.45) is 0 Å². The Balaban J connectivity index is 2.37. The lowest BCUT2D eigenvalue weighted by molar-refractivity contribution is -0.147. The molecule has 0 aliphatic rings. The van der Waals surface area contributed by atoms with Gasteiger partial charge in [0.25, 0.3) is 5.91 Å². The van der Waals surface area contributed by atoms with E-state index in [4.69, 9.17) is 0 Å². The number of hydrogen-bond acceptors (Lipinski definition) is 4. The minimum atomic E-state index is -1.34. The summed E-state index contributed by atoms with van der Waals surface area (Å²) >= 11 is 0. The fourth-order valence-corrected chi connectivity index (χ4v) is 2.01. The molecule has 0 bridgehead atoms. The van der Waals surface area contributed by atoms with Crippen LogP contribution in [0.4, 0.5) is 0 Å². The second-order valence-electron chi connectivity index (χ2n) is 6.00. The van der Waals surface area contributed by atoms with E-state index in [1.54, 1.807) is 11.6 Å². The number of carboxylic acids is 1. The molecule has 0 atom stereocenters. The lowest BCUT2D eigenvalue weighted by Crippen LogP contribution is -2.51. The first-order valence-electron chi connectivity index (χ1n) is 7.17. The number of aryl methyl sites for hydroxylation is 1. The molecule has 122 valence electrons. The number of likely N-dealkylation sites (N-methyl/N-ethyl adjacent to an activating group) is 1. The summed E-state index contributed by atoms with van der Waals surface area (Å²) in [6.07, 6.45) is 0. The van der Waals surface area contributed by atoms with Crippen molar-refractivity contribution in [3.63, 3.8) is 0 Å². The molecular weight excluding hydrogens is 296 g/mol. The highest BCUT2D eigenvalue weighted by molar-refractivity contribution is 5.96. The summed E-state index contributed by atoms with van der Waals surface area (Å²) in [5.74, 6) is -1.56. The molecule has 1 aromatic heterocycles. The number of aliphatic carboxylic acids is 1. The number of carboxylic acid groups (broad SMARTS) is 1. The Morgan fingerprint density at radius 1 is 1.17 bits per heavy atom. The standard InChI is InChI=1S/C16H20N4O3/c1-10-6-8-12(9-7-10)20-11(2)13(17-18-20)14(21)19(5)16(3,4)15(22)23/h6-9H,1-5H3,(H,22,23). The molecule has 23 heavy (non-hydrogen) atoms. The van der Waals surface area contributed by atoms with Crippen LogP contribution in [-0.4, -0.2) is 49.5 Å². The number of nitrogens with zero attached hydrogens (tertiary/aromatic N) is 4. The molecule has 1 aromatic carbocycles. The Morgan fingerprint density at radius 2 is 1.74 bits per heavy atom. The summed E-state index contributed by atoms with van der Waals surface area (Å²) in [7, 11) is 1.45. The van der Waals surface area contributed by atoms with Crippen LogP contribution in [0.15, 0.2) is 24.3 Å². The van der Waals surface area contributed by atoms with E-state index in [1.807, 2.05) is 31.2 Å². The van der Waals surface area contributed by atoms with Crippen molar-refractivity contribution >= 4 is 11.9 Å². The third kappa shape index (κ3) is 2.94. The van der Waals surface area contributed by atoms with Gasteiger partial charge in [0.1, 0.15) is 5.54 Å². The van der Waals surface area contributed by atoms with Crippen molar-refractivity contribution in [1.82, 2.24) is 19.9 Å². The van der Waals surface area contributed by atoms with E-state index in [-0.39, 0.29) is 5.69 Å². The first kappa shape index (κ1) is 16.7. The monoisotopic (exact) mass is 316 g/mol. The van der Waals surface area contributed by atoms with Crippen LogP contribution < -0.4 is 0 Å². The van der Waals surface area contributed by atoms with E-state index in [9.17, 15) is 14.7 Å². The molecular formula is C16H20N4O3. The smallest absolute Gasteiger partial charge is 0.329 e. The molecule has 0 unspecified atom stereocenters. The normalized spacial score (nSPS) is 11.3. The SMILES string of the molecule is Cc1ccc(-n2nnc(C(=O)N(C)C(C)(C)C(=O)O)c2C)cc1. The molecule has 0 radical (unpaired) electrons. The third-order valence-corrected chi connectivity index (χ3v) is 4.04. The summed E-state index contributed by atoms with van der Waals surface area (Å²) in [5, 5.41) is 17.2. The Hall–Kier alpha value is -2.70. The average Bonchev–Trinajstić information content (AvgIpc) is 2.88. The van der Waals surface area contributed by atoms with E-state index < -0.39 is 17.4 Å². The van der Waals surface area contributed by atoms with E-state index >= 15 is 0 Å². The Bertz CT molecular complexity index is 747. The zero-order chi connectivity index (χ0) is 17.4. The topological polar surface area (TPSA) is 88.3 Å². The fourth-order valence-electron chi connectivity index (χ4n) is 2.01. The lowest BCUT2D eigenvalue weighted by atomic mass is 10.0. The number of rotatable bonds is 4. The number of aromatic nitrogens is 3. The molecule has 2 aromatic rings. The molecule has 1 amide bonds. The molecule has 2 rings (SSSR count). The van der Waals surface area contributed by atoms with Gasteiger partial charge in [0.05, 0.1) is 11.4 Å². The van der Waals surface area contributed by atoms with Crippen LogP contribution >= 0.6 is 0 Å². The quantitative estimate of drug-likeness (QED) is 0.929. The summed E-state index contributed by atoms with van der Waals surface area (Å²) in [5.41, 5.74) is 1.27. The van der Waals surface area contributed by atoms with E-state index in [2.05, 4.69) is 10.3 Å². The highest BCUT2D eigenvalue weighted by Gasteiger charge is 2.37. The van der Waals surface area contributed by atoms with Crippen molar-refractivity contribution in [3.8, 4) is 5.69 Å². The zero-order valence-corrected chi connectivity index (χ0v) is 13.9. The molecule has 7 nitrogen and oxygen atoms in total. The maximum absolute atomic E-state index is 12.6. The van der Waals surface area contributed by atoms with Gasteiger partial charge in [0, 0.05) is 7.05 Å². The van der Waals surface area contributed by atoms with Gasteiger partial charge in [-0.2, -0.15) is 0 Å². The van der Waals surface area contributed by atoms with Gasteiger partial charge in [-0.15, -0.1) is 5.10 Å². The van der Waals surface area contributed by atoms with Crippen molar-refractivity contribution in [3.05, 3.63) is 41.2 Å². The number of carbonyl (C=O) groups excluding carboxylic acids is 1. The Labute approximate surface area is 134 Å².